The lowest BCUT2D eigenvalue weighted by atomic mass is 9.95. The summed E-state index contributed by atoms with van der Waals surface area (Å²) in [6, 6.07) is 10.1. The highest BCUT2D eigenvalue weighted by molar-refractivity contribution is 5.48. The van der Waals surface area contributed by atoms with Gasteiger partial charge in [0.15, 0.2) is 0 Å². The third kappa shape index (κ3) is 4.48. The molecule has 0 unspecified atom stereocenters. The molecule has 2 aliphatic heterocycles. The number of benzene rings is 1. The molecule has 0 amide bonds. The van der Waals surface area contributed by atoms with E-state index in [-0.39, 0.29) is 0 Å². The summed E-state index contributed by atoms with van der Waals surface area (Å²) < 4.78 is 0. The summed E-state index contributed by atoms with van der Waals surface area (Å²) >= 11 is 0. The zero-order valence-corrected chi connectivity index (χ0v) is 14.9. The molecule has 2 saturated heterocycles. The predicted molar refractivity (Wildman–Crippen MR) is 99.1 cm³/mol. The van der Waals surface area contributed by atoms with Gasteiger partial charge in [-0.2, -0.15) is 0 Å². The van der Waals surface area contributed by atoms with E-state index in [1.165, 1.54) is 63.1 Å². The average Bonchev–Trinajstić information content (AvgIpc) is 3.11. The van der Waals surface area contributed by atoms with Gasteiger partial charge in [-0.05, 0) is 49.3 Å². The van der Waals surface area contributed by atoms with Gasteiger partial charge in [0, 0.05) is 51.0 Å². The summed E-state index contributed by atoms with van der Waals surface area (Å²) in [6.45, 7) is 11.7. The summed E-state index contributed by atoms with van der Waals surface area (Å²) in [5.74, 6) is 0.782. The first kappa shape index (κ1) is 16.8. The highest BCUT2D eigenvalue weighted by Crippen LogP contribution is 2.30. The van der Waals surface area contributed by atoms with Crippen molar-refractivity contribution in [1.29, 1.82) is 0 Å². The van der Waals surface area contributed by atoms with Crippen LogP contribution in [0.4, 0.5) is 5.69 Å². The van der Waals surface area contributed by atoms with Crippen LogP contribution >= 0.6 is 0 Å². The molecule has 2 heterocycles. The van der Waals surface area contributed by atoms with Crippen LogP contribution in [-0.2, 0) is 0 Å². The summed E-state index contributed by atoms with van der Waals surface area (Å²) in [5.41, 5.74) is 2.92. The molecular formula is C20H33N3. The monoisotopic (exact) mass is 315 g/mol. The van der Waals surface area contributed by atoms with Crippen LogP contribution in [0.15, 0.2) is 24.3 Å². The molecule has 2 fully saturated rings. The van der Waals surface area contributed by atoms with Crippen LogP contribution in [0.5, 0.6) is 0 Å². The van der Waals surface area contributed by atoms with E-state index in [0.717, 1.165) is 19.0 Å². The second kappa shape index (κ2) is 8.16. The number of hydrogen-bond donors (Lipinski definition) is 1. The average molecular weight is 316 g/mol. The summed E-state index contributed by atoms with van der Waals surface area (Å²) in [4.78, 5) is 5.21. The number of nitrogens with one attached hydrogen (secondary N) is 1. The largest absolute Gasteiger partial charge is 0.372 e. The first-order valence-corrected chi connectivity index (χ1v) is 9.54. The molecule has 3 rings (SSSR count). The molecular weight excluding hydrogens is 282 g/mol. The van der Waals surface area contributed by atoms with Crippen molar-refractivity contribution in [3.8, 4) is 0 Å². The fourth-order valence-electron chi connectivity index (χ4n) is 3.93. The molecule has 1 N–H and O–H groups in total. The van der Waals surface area contributed by atoms with Crippen molar-refractivity contribution in [1.82, 2.24) is 10.2 Å². The maximum atomic E-state index is 3.48. The molecule has 1 aromatic carbocycles. The molecule has 3 heteroatoms. The van der Waals surface area contributed by atoms with E-state index in [1.54, 1.807) is 0 Å². The van der Waals surface area contributed by atoms with Crippen LogP contribution in [0.25, 0.3) is 0 Å². The van der Waals surface area contributed by atoms with Crippen LogP contribution in [0.1, 0.15) is 51.1 Å². The van der Waals surface area contributed by atoms with Gasteiger partial charge in [0.2, 0.25) is 0 Å². The number of piperazine rings is 1. The van der Waals surface area contributed by atoms with Crippen molar-refractivity contribution < 1.29 is 0 Å². The fraction of sp³-hybridized carbons (Fsp3) is 0.700. The Bertz CT molecular complexity index is 456. The third-order valence-corrected chi connectivity index (χ3v) is 5.36. The molecule has 3 nitrogen and oxygen atoms in total. The SMILES string of the molecule is CC(C)CC[C@H](c1ccc(N2CCCC2)cc1)N1CCNCC1. The molecule has 0 aliphatic carbocycles. The van der Waals surface area contributed by atoms with E-state index in [0.29, 0.717) is 6.04 Å². The highest BCUT2D eigenvalue weighted by Gasteiger charge is 2.22. The molecule has 1 atom stereocenters. The van der Waals surface area contributed by atoms with Gasteiger partial charge in [-0.1, -0.05) is 26.0 Å². The number of hydrogen-bond acceptors (Lipinski definition) is 3. The predicted octanol–water partition coefficient (Wildman–Crippen LogP) is 3.67. The lowest BCUT2D eigenvalue weighted by Gasteiger charge is -2.36. The van der Waals surface area contributed by atoms with Gasteiger partial charge in [-0.25, -0.2) is 0 Å². The van der Waals surface area contributed by atoms with E-state index in [4.69, 9.17) is 0 Å². The molecule has 0 saturated carbocycles. The van der Waals surface area contributed by atoms with Crippen molar-refractivity contribution in [2.24, 2.45) is 5.92 Å². The maximum Gasteiger partial charge on any atom is 0.0366 e. The Morgan fingerprint density at radius 3 is 2.17 bits per heavy atom. The standard InChI is InChI=1S/C20H33N3/c1-17(2)5-10-20(23-15-11-21-12-16-23)18-6-8-19(9-7-18)22-13-3-4-14-22/h6-9,17,20-21H,3-5,10-16H2,1-2H3/t20-/m1/s1. The van der Waals surface area contributed by atoms with Gasteiger partial charge in [0.25, 0.3) is 0 Å². The van der Waals surface area contributed by atoms with Crippen LogP contribution in [-0.4, -0.2) is 44.2 Å². The summed E-state index contributed by atoms with van der Waals surface area (Å²) in [6.07, 6.45) is 5.28. The van der Waals surface area contributed by atoms with Crippen molar-refractivity contribution in [2.45, 2.75) is 45.6 Å². The Labute approximate surface area is 142 Å². The Balaban J connectivity index is 1.71. The van der Waals surface area contributed by atoms with Crippen LogP contribution in [0.2, 0.25) is 0 Å². The Hall–Kier alpha value is -1.06. The lowest BCUT2D eigenvalue weighted by Crippen LogP contribution is -2.45. The van der Waals surface area contributed by atoms with E-state index < -0.39 is 0 Å². The second-order valence-corrected chi connectivity index (χ2v) is 7.56. The normalized spacial score (nSPS) is 21.1. The maximum absolute atomic E-state index is 3.48. The first-order valence-electron chi connectivity index (χ1n) is 9.54. The highest BCUT2D eigenvalue weighted by atomic mass is 15.2. The van der Waals surface area contributed by atoms with Crippen LogP contribution in [0, 0.1) is 5.92 Å². The van der Waals surface area contributed by atoms with Crippen LogP contribution < -0.4 is 10.2 Å². The minimum atomic E-state index is 0.590. The quantitative estimate of drug-likeness (QED) is 0.864. The molecule has 0 spiro atoms. The topological polar surface area (TPSA) is 18.5 Å². The molecule has 128 valence electrons. The molecule has 23 heavy (non-hydrogen) atoms. The van der Waals surface area contributed by atoms with Gasteiger partial charge in [-0.3, -0.25) is 4.90 Å². The van der Waals surface area contributed by atoms with Gasteiger partial charge in [0.1, 0.15) is 0 Å². The summed E-state index contributed by atoms with van der Waals surface area (Å²) in [5, 5.41) is 3.48. The minimum Gasteiger partial charge on any atom is -0.372 e. The van der Waals surface area contributed by atoms with Crippen LogP contribution in [0.3, 0.4) is 0 Å². The zero-order valence-electron chi connectivity index (χ0n) is 14.9. The first-order chi connectivity index (χ1) is 11.2. The fourth-order valence-corrected chi connectivity index (χ4v) is 3.93. The van der Waals surface area contributed by atoms with E-state index in [1.807, 2.05) is 0 Å². The van der Waals surface area contributed by atoms with Gasteiger partial charge >= 0.3 is 0 Å². The smallest absolute Gasteiger partial charge is 0.0366 e. The summed E-state index contributed by atoms with van der Waals surface area (Å²) in [7, 11) is 0. The van der Waals surface area contributed by atoms with Gasteiger partial charge in [-0.15, -0.1) is 0 Å². The van der Waals surface area contributed by atoms with Gasteiger partial charge < -0.3 is 10.2 Å². The number of rotatable bonds is 6. The molecule has 0 aromatic heterocycles. The molecule has 2 aliphatic rings. The Morgan fingerprint density at radius 1 is 0.913 bits per heavy atom. The molecule has 0 radical (unpaired) electrons. The number of anilines is 1. The number of nitrogens with zero attached hydrogens (tertiary/aromatic N) is 2. The van der Waals surface area contributed by atoms with Crippen molar-refractivity contribution in [3.63, 3.8) is 0 Å². The lowest BCUT2D eigenvalue weighted by molar-refractivity contribution is 0.160. The Morgan fingerprint density at radius 2 is 1.57 bits per heavy atom. The van der Waals surface area contributed by atoms with Gasteiger partial charge in [0.05, 0.1) is 0 Å². The van der Waals surface area contributed by atoms with E-state index >= 15 is 0 Å². The van der Waals surface area contributed by atoms with Crippen molar-refractivity contribution in [2.75, 3.05) is 44.2 Å². The molecule has 1 aromatic rings. The zero-order chi connectivity index (χ0) is 16.1. The van der Waals surface area contributed by atoms with E-state index in [2.05, 4.69) is 53.2 Å². The Kier molecular flexibility index (Phi) is 5.96. The van der Waals surface area contributed by atoms with E-state index in [9.17, 15) is 0 Å². The third-order valence-electron chi connectivity index (χ3n) is 5.36. The minimum absolute atomic E-state index is 0.590. The second-order valence-electron chi connectivity index (χ2n) is 7.56. The molecule has 0 bridgehead atoms. The van der Waals surface area contributed by atoms with Crippen molar-refractivity contribution >= 4 is 5.69 Å². The van der Waals surface area contributed by atoms with Crippen molar-refractivity contribution in [3.05, 3.63) is 29.8 Å².